The van der Waals surface area contributed by atoms with E-state index in [1.807, 2.05) is 0 Å². The molecule has 6 heteroatoms. The predicted molar refractivity (Wildman–Crippen MR) is 65.5 cm³/mol. The first-order chi connectivity index (χ1) is 9.06. The highest BCUT2D eigenvalue weighted by Gasteiger charge is 2.35. The molecule has 1 aromatic carbocycles. The van der Waals surface area contributed by atoms with Crippen molar-refractivity contribution in [2.75, 3.05) is 19.7 Å². The average Bonchev–Trinajstić information content (AvgIpc) is 2.73. The van der Waals surface area contributed by atoms with Crippen molar-refractivity contribution in [3.8, 4) is 5.75 Å². The number of hydrogen-bond acceptors (Lipinski definition) is 4. The SMILES string of the molecule is O=C(O)C1CC(O)CN1CCOc1ccc(F)cc1. The zero-order chi connectivity index (χ0) is 13.8. The van der Waals surface area contributed by atoms with Gasteiger partial charge in [0.05, 0.1) is 6.10 Å². The quantitative estimate of drug-likeness (QED) is 0.824. The molecule has 0 radical (unpaired) electrons. The van der Waals surface area contributed by atoms with Gasteiger partial charge in [-0.1, -0.05) is 0 Å². The van der Waals surface area contributed by atoms with E-state index in [1.54, 1.807) is 4.90 Å². The number of carboxylic acid groups (broad SMARTS) is 1. The molecule has 5 nitrogen and oxygen atoms in total. The lowest BCUT2D eigenvalue weighted by molar-refractivity contribution is -0.142. The van der Waals surface area contributed by atoms with Gasteiger partial charge in [0.2, 0.25) is 0 Å². The fourth-order valence-electron chi connectivity index (χ4n) is 2.19. The molecular weight excluding hydrogens is 253 g/mol. The molecule has 1 fully saturated rings. The number of aliphatic carboxylic acids is 1. The second-order valence-electron chi connectivity index (χ2n) is 4.54. The first-order valence-electron chi connectivity index (χ1n) is 6.09. The smallest absolute Gasteiger partial charge is 0.321 e. The van der Waals surface area contributed by atoms with E-state index in [9.17, 15) is 14.3 Å². The molecule has 0 aliphatic carbocycles. The van der Waals surface area contributed by atoms with Gasteiger partial charge in [0.25, 0.3) is 0 Å². The summed E-state index contributed by atoms with van der Waals surface area (Å²) in [6.45, 7) is 1.04. The van der Waals surface area contributed by atoms with Crippen LogP contribution in [0, 0.1) is 5.82 Å². The molecule has 0 saturated carbocycles. The highest BCUT2D eigenvalue weighted by molar-refractivity contribution is 5.74. The van der Waals surface area contributed by atoms with Crippen molar-refractivity contribution in [1.29, 1.82) is 0 Å². The van der Waals surface area contributed by atoms with Crippen molar-refractivity contribution >= 4 is 5.97 Å². The summed E-state index contributed by atoms with van der Waals surface area (Å²) >= 11 is 0. The number of nitrogens with zero attached hydrogens (tertiary/aromatic N) is 1. The summed E-state index contributed by atoms with van der Waals surface area (Å²) < 4.78 is 18.1. The molecule has 1 heterocycles. The monoisotopic (exact) mass is 269 g/mol. The first-order valence-corrected chi connectivity index (χ1v) is 6.09. The molecule has 19 heavy (non-hydrogen) atoms. The second-order valence-corrected chi connectivity index (χ2v) is 4.54. The number of hydrogen-bond donors (Lipinski definition) is 2. The number of carbonyl (C=O) groups is 1. The lowest BCUT2D eigenvalue weighted by Crippen LogP contribution is -2.38. The van der Waals surface area contributed by atoms with Gasteiger partial charge in [0, 0.05) is 19.5 Å². The van der Waals surface area contributed by atoms with Gasteiger partial charge >= 0.3 is 5.97 Å². The number of aliphatic hydroxyl groups is 1. The predicted octanol–water partition coefficient (Wildman–Crippen LogP) is 0.724. The molecule has 104 valence electrons. The molecule has 0 amide bonds. The molecule has 2 rings (SSSR count). The first kappa shape index (κ1) is 13.8. The average molecular weight is 269 g/mol. The van der Waals surface area contributed by atoms with Crippen LogP contribution >= 0.6 is 0 Å². The number of β-amino-alcohol motifs (C(OH)–C–C–N with tert-alkyl or cyclic N) is 1. The Kier molecular flexibility index (Phi) is 4.34. The maximum atomic E-state index is 12.7. The summed E-state index contributed by atoms with van der Waals surface area (Å²) in [6.07, 6.45) is -0.363. The Bertz CT molecular complexity index is 437. The van der Waals surface area contributed by atoms with Crippen molar-refractivity contribution in [1.82, 2.24) is 4.90 Å². The van der Waals surface area contributed by atoms with Crippen LogP contribution in [0.5, 0.6) is 5.75 Å². The third-order valence-corrected chi connectivity index (χ3v) is 3.13. The van der Waals surface area contributed by atoms with E-state index in [1.165, 1.54) is 24.3 Å². The minimum absolute atomic E-state index is 0.242. The molecule has 1 saturated heterocycles. The largest absolute Gasteiger partial charge is 0.492 e. The highest BCUT2D eigenvalue weighted by atomic mass is 19.1. The van der Waals surface area contributed by atoms with Gasteiger partial charge in [-0.25, -0.2) is 4.39 Å². The number of carboxylic acids is 1. The van der Waals surface area contributed by atoms with E-state index < -0.39 is 18.1 Å². The molecule has 2 N–H and O–H groups in total. The van der Waals surface area contributed by atoms with Crippen LogP contribution in [0.4, 0.5) is 4.39 Å². The molecule has 0 aromatic heterocycles. The Morgan fingerprint density at radius 3 is 2.74 bits per heavy atom. The van der Waals surface area contributed by atoms with Gasteiger partial charge in [0.1, 0.15) is 24.2 Å². The van der Waals surface area contributed by atoms with Gasteiger partial charge in [0.15, 0.2) is 0 Å². The van der Waals surface area contributed by atoms with Crippen molar-refractivity contribution in [3.63, 3.8) is 0 Å². The summed E-state index contributed by atoms with van der Waals surface area (Å²) in [4.78, 5) is 12.7. The van der Waals surface area contributed by atoms with Crippen LogP contribution < -0.4 is 4.74 Å². The number of likely N-dealkylation sites (tertiary alicyclic amines) is 1. The summed E-state index contributed by atoms with van der Waals surface area (Å²) in [5.41, 5.74) is 0. The molecular formula is C13H16FNO4. The zero-order valence-electron chi connectivity index (χ0n) is 10.3. The van der Waals surface area contributed by atoms with Gasteiger partial charge in [-0.3, -0.25) is 9.69 Å². The van der Waals surface area contributed by atoms with E-state index in [-0.39, 0.29) is 12.2 Å². The van der Waals surface area contributed by atoms with E-state index in [4.69, 9.17) is 9.84 Å². The standard InChI is InChI=1S/C13H16FNO4/c14-9-1-3-11(4-2-9)19-6-5-15-8-10(16)7-12(15)13(17)18/h1-4,10,12,16H,5-8H2,(H,17,18). The fraction of sp³-hybridized carbons (Fsp3) is 0.462. The van der Waals surface area contributed by atoms with Crippen molar-refractivity contribution in [2.24, 2.45) is 0 Å². The van der Waals surface area contributed by atoms with Crippen molar-refractivity contribution in [2.45, 2.75) is 18.6 Å². The Morgan fingerprint density at radius 2 is 2.11 bits per heavy atom. The van der Waals surface area contributed by atoms with Crippen molar-refractivity contribution < 1.29 is 24.1 Å². The van der Waals surface area contributed by atoms with Crippen LogP contribution in [0.15, 0.2) is 24.3 Å². The van der Waals surface area contributed by atoms with Crippen LogP contribution in [-0.2, 0) is 4.79 Å². The van der Waals surface area contributed by atoms with Gasteiger partial charge in [-0.15, -0.1) is 0 Å². The minimum atomic E-state index is -0.932. The lowest BCUT2D eigenvalue weighted by Gasteiger charge is -2.20. The number of rotatable bonds is 5. The summed E-state index contributed by atoms with van der Waals surface area (Å²) in [5.74, 6) is -0.729. The molecule has 1 aliphatic heterocycles. The highest BCUT2D eigenvalue weighted by Crippen LogP contribution is 2.18. The van der Waals surface area contributed by atoms with Gasteiger partial charge < -0.3 is 14.9 Å². The molecule has 1 aliphatic rings. The Labute approximate surface area is 110 Å². The second kappa shape index (κ2) is 5.99. The molecule has 2 unspecified atom stereocenters. The zero-order valence-corrected chi connectivity index (χ0v) is 10.3. The van der Waals surface area contributed by atoms with E-state index in [0.717, 1.165) is 0 Å². The molecule has 1 aromatic rings. The number of aliphatic hydroxyl groups excluding tert-OH is 1. The Hall–Kier alpha value is -1.66. The fourth-order valence-corrected chi connectivity index (χ4v) is 2.19. The van der Waals surface area contributed by atoms with Crippen LogP contribution in [-0.4, -0.2) is 52.9 Å². The van der Waals surface area contributed by atoms with Crippen LogP contribution in [0.25, 0.3) is 0 Å². The Morgan fingerprint density at radius 1 is 1.42 bits per heavy atom. The van der Waals surface area contributed by atoms with Gasteiger partial charge in [-0.05, 0) is 24.3 Å². The van der Waals surface area contributed by atoms with Gasteiger partial charge in [-0.2, -0.15) is 0 Å². The van der Waals surface area contributed by atoms with E-state index in [0.29, 0.717) is 25.4 Å². The third-order valence-electron chi connectivity index (χ3n) is 3.13. The number of halogens is 1. The summed E-state index contributed by atoms with van der Waals surface area (Å²) in [5, 5.41) is 18.5. The third kappa shape index (κ3) is 3.65. The summed E-state index contributed by atoms with van der Waals surface area (Å²) in [6, 6.07) is 4.97. The molecule has 2 atom stereocenters. The lowest BCUT2D eigenvalue weighted by atomic mass is 10.2. The molecule has 0 bridgehead atoms. The summed E-state index contributed by atoms with van der Waals surface area (Å²) in [7, 11) is 0. The van der Waals surface area contributed by atoms with E-state index in [2.05, 4.69) is 0 Å². The van der Waals surface area contributed by atoms with Crippen molar-refractivity contribution in [3.05, 3.63) is 30.1 Å². The normalized spacial score (nSPS) is 23.5. The number of ether oxygens (including phenoxy) is 1. The topological polar surface area (TPSA) is 70.0 Å². The number of benzene rings is 1. The Balaban J connectivity index is 1.81. The van der Waals surface area contributed by atoms with Crippen LogP contribution in [0.3, 0.4) is 0 Å². The maximum Gasteiger partial charge on any atom is 0.321 e. The van der Waals surface area contributed by atoms with E-state index >= 15 is 0 Å². The maximum absolute atomic E-state index is 12.7. The van der Waals surface area contributed by atoms with Crippen LogP contribution in [0.1, 0.15) is 6.42 Å². The molecule has 0 spiro atoms. The van der Waals surface area contributed by atoms with Crippen LogP contribution in [0.2, 0.25) is 0 Å². The minimum Gasteiger partial charge on any atom is -0.492 e.